The molecule has 19 heavy (non-hydrogen) atoms. The summed E-state index contributed by atoms with van der Waals surface area (Å²) in [5.41, 5.74) is 0.702. The molecule has 0 aliphatic carbocycles. The minimum atomic E-state index is -2.91. The van der Waals surface area contributed by atoms with Gasteiger partial charge < -0.3 is 0 Å². The summed E-state index contributed by atoms with van der Waals surface area (Å²) in [4.78, 5) is 2.05. The molecule has 1 aliphatic rings. The number of hydrogen-bond acceptors (Lipinski definition) is 3. The van der Waals surface area contributed by atoms with Gasteiger partial charge in [-0.2, -0.15) is 0 Å². The summed E-state index contributed by atoms with van der Waals surface area (Å²) in [5, 5.41) is 0.515. The van der Waals surface area contributed by atoms with Gasteiger partial charge in [0.1, 0.15) is 5.82 Å². The van der Waals surface area contributed by atoms with Crippen LogP contribution in [0.4, 0.5) is 4.39 Å². The van der Waals surface area contributed by atoms with Crippen molar-refractivity contribution in [1.82, 2.24) is 4.90 Å². The Morgan fingerprint density at radius 3 is 2.79 bits per heavy atom. The van der Waals surface area contributed by atoms with E-state index in [1.807, 2.05) is 11.8 Å². The second-order valence-corrected chi connectivity index (χ2v) is 7.49. The smallest absolute Gasteiger partial charge is 0.151 e. The molecule has 0 radical (unpaired) electrons. The minimum absolute atomic E-state index is 0.00864. The summed E-state index contributed by atoms with van der Waals surface area (Å²) in [7, 11) is -2.91. The topological polar surface area (TPSA) is 37.4 Å². The fourth-order valence-corrected chi connectivity index (χ4v) is 4.38. The Morgan fingerprint density at radius 1 is 1.47 bits per heavy atom. The highest BCUT2D eigenvalue weighted by Crippen LogP contribution is 2.23. The van der Waals surface area contributed by atoms with Crippen LogP contribution in [-0.4, -0.2) is 37.4 Å². The molecular formula is C13H17ClFNO2S. The van der Waals surface area contributed by atoms with Crippen molar-refractivity contribution < 1.29 is 12.8 Å². The highest BCUT2D eigenvalue weighted by atomic mass is 35.5. The first-order chi connectivity index (χ1) is 8.91. The molecule has 0 unspecified atom stereocenters. The van der Waals surface area contributed by atoms with Crippen molar-refractivity contribution in [3.05, 3.63) is 34.6 Å². The SMILES string of the molecule is CCN(Cc1cc(F)ccc1Cl)[C@H]1CCS(=O)(=O)C1. The number of benzene rings is 1. The molecule has 1 saturated heterocycles. The highest BCUT2D eigenvalue weighted by Gasteiger charge is 2.31. The van der Waals surface area contributed by atoms with E-state index in [-0.39, 0.29) is 23.4 Å². The van der Waals surface area contributed by atoms with E-state index in [9.17, 15) is 12.8 Å². The summed E-state index contributed by atoms with van der Waals surface area (Å²) < 4.78 is 36.3. The third-order valence-corrected chi connectivity index (χ3v) is 5.63. The van der Waals surface area contributed by atoms with Crippen LogP contribution < -0.4 is 0 Å². The van der Waals surface area contributed by atoms with Gasteiger partial charge in [0, 0.05) is 17.6 Å². The van der Waals surface area contributed by atoms with Crippen molar-refractivity contribution in [2.24, 2.45) is 0 Å². The van der Waals surface area contributed by atoms with Crippen LogP contribution in [0.25, 0.3) is 0 Å². The van der Waals surface area contributed by atoms with Crippen molar-refractivity contribution in [3.63, 3.8) is 0 Å². The monoisotopic (exact) mass is 305 g/mol. The van der Waals surface area contributed by atoms with Crippen LogP contribution in [0.3, 0.4) is 0 Å². The molecule has 0 spiro atoms. The molecule has 1 aliphatic heterocycles. The molecule has 0 saturated carbocycles. The molecule has 1 aromatic rings. The highest BCUT2D eigenvalue weighted by molar-refractivity contribution is 7.91. The van der Waals surface area contributed by atoms with E-state index in [2.05, 4.69) is 0 Å². The predicted octanol–water partition coefficient (Wildman–Crippen LogP) is 2.49. The number of rotatable bonds is 4. The molecular weight excluding hydrogens is 289 g/mol. The first-order valence-electron chi connectivity index (χ1n) is 6.29. The third-order valence-electron chi connectivity index (χ3n) is 3.51. The zero-order valence-electron chi connectivity index (χ0n) is 10.8. The number of hydrogen-bond donors (Lipinski definition) is 0. The molecule has 0 aromatic heterocycles. The maximum Gasteiger partial charge on any atom is 0.151 e. The predicted molar refractivity (Wildman–Crippen MR) is 74.6 cm³/mol. The van der Waals surface area contributed by atoms with E-state index in [1.165, 1.54) is 18.2 Å². The van der Waals surface area contributed by atoms with Crippen LogP contribution in [0.5, 0.6) is 0 Å². The average molecular weight is 306 g/mol. The van der Waals surface area contributed by atoms with Crippen LogP contribution in [-0.2, 0) is 16.4 Å². The fraction of sp³-hybridized carbons (Fsp3) is 0.538. The minimum Gasteiger partial charge on any atom is -0.295 e. The summed E-state index contributed by atoms with van der Waals surface area (Å²) >= 11 is 6.05. The Labute approximate surface area is 118 Å². The molecule has 1 atom stereocenters. The normalized spacial score (nSPS) is 22.0. The Kier molecular flexibility index (Phi) is 4.48. The standard InChI is InChI=1S/C13H17ClFNO2S/c1-2-16(12-5-6-19(17,18)9-12)8-10-7-11(15)3-4-13(10)14/h3-4,7,12H,2,5-6,8-9H2,1H3/t12-/m0/s1. The molecule has 1 heterocycles. The van der Waals surface area contributed by atoms with Gasteiger partial charge in [-0.1, -0.05) is 18.5 Å². The van der Waals surface area contributed by atoms with Gasteiger partial charge in [0.25, 0.3) is 0 Å². The Balaban J connectivity index is 2.13. The summed E-state index contributed by atoms with van der Waals surface area (Å²) in [6.45, 7) is 3.17. The zero-order valence-corrected chi connectivity index (χ0v) is 12.3. The van der Waals surface area contributed by atoms with Crippen molar-refractivity contribution in [1.29, 1.82) is 0 Å². The quantitative estimate of drug-likeness (QED) is 0.857. The average Bonchev–Trinajstić information content (AvgIpc) is 2.70. The largest absolute Gasteiger partial charge is 0.295 e. The first kappa shape index (κ1) is 14.8. The lowest BCUT2D eigenvalue weighted by atomic mass is 10.1. The van der Waals surface area contributed by atoms with E-state index in [0.29, 0.717) is 30.1 Å². The van der Waals surface area contributed by atoms with Crippen molar-refractivity contribution in [2.75, 3.05) is 18.1 Å². The van der Waals surface area contributed by atoms with Gasteiger partial charge in [0.2, 0.25) is 0 Å². The Morgan fingerprint density at radius 2 is 2.21 bits per heavy atom. The second kappa shape index (κ2) is 5.77. The van der Waals surface area contributed by atoms with Gasteiger partial charge in [0.15, 0.2) is 9.84 Å². The van der Waals surface area contributed by atoms with Gasteiger partial charge in [-0.3, -0.25) is 4.90 Å². The molecule has 0 bridgehead atoms. The van der Waals surface area contributed by atoms with Gasteiger partial charge >= 0.3 is 0 Å². The van der Waals surface area contributed by atoms with Crippen LogP contribution in [0.2, 0.25) is 5.02 Å². The van der Waals surface area contributed by atoms with Crippen LogP contribution in [0.15, 0.2) is 18.2 Å². The summed E-state index contributed by atoms with van der Waals surface area (Å²) in [6.07, 6.45) is 0.642. The van der Waals surface area contributed by atoms with E-state index in [1.54, 1.807) is 0 Å². The van der Waals surface area contributed by atoms with Gasteiger partial charge in [-0.25, -0.2) is 12.8 Å². The van der Waals surface area contributed by atoms with Gasteiger partial charge in [-0.05, 0) is 36.7 Å². The lowest BCUT2D eigenvalue weighted by Crippen LogP contribution is -2.35. The maximum absolute atomic E-state index is 13.2. The van der Waals surface area contributed by atoms with Crippen LogP contribution in [0.1, 0.15) is 18.9 Å². The molecule has 1 aromatic carbocycles. The molecule has 0 amide bonds. The first-order valence-corrected chi connectivity index (χ1v) is 8.49. The summed E-state index contributed by atoms with van der Waals surface area (Å²) in [5.74, 6) is 0.105. The number of nitrogens with zero attached hydrogens (tertiary/aromatic N) is 1. The molecule has 1 fully saturated rings. The van der Waals surface area contributed by atoms with Crippen molar-refractivity contribution in [3.8, 4) is 0 Å². The van der Waals surface area contributed by atoms with Gasteiger partial charge in [-0.15, -0.1) is 0 Å². The van der Waals surface area contributed by atoms with E-state index in [4.69, 9.17) is 11.6 Å². The van der Waals surface area contributed by atoms with Crippen molar-refractivity contribution in [2.45, 2.75) is 25.9 Å². The second-order valence-electron chi connectivity index (χ2n) is 4.86. The number of sulfone groups is 1. The van der Waals surface area contributed by atoms with E-state index < -0.39 is 9.84 Å². The lowest BCUT2D eigenvalue weighted by molar-refractivity contribution is 0.214. The zero-order chi connectivity index (χ0) is 14.0. The number of halogens is 2. The lowest BCUT2D eigenvalue weighted by Gasteiger charge is -2.26. The van der Waals surface area contributed by atoms with Crippen LogP contribution >= 0.6 is 11.6 Å². The van der Waals surface area contributed by atoms with E-state index >= 15 is 0 Å². The Bertz CT molecular complexity index is 562. The molecule has 2 rings (SSSR count). The summed E-state index contributed by atoms with van der Waals surface area (Å²) in [6, 6.07) is 4.27. The maximum atomic E-state index is 13.2. The van der Waals surface area contributed by atoms with Gasteiger partial charge in [0.05, 0.1) is 11.5 Å². The Hall–Kier alpha value is -0.650. The van der Waals surface area contributed by atoms with Crippen LogP contribution in [0, 0.1) is 5.82 Å². The molecule has 6 heteroatoms. The molecule has 0 N–H and O–H groups in total. The molecule has 3 nitrogen and oxygen atoms in total. The fourth-order valence-electron chi connectivity index (χ4n) is 2.45. The van der Waals surface area contributed by atoms with Crippen molar-refractivity contribution >= 4 is 21.4 Å². The molecule has 106 valence electrons. The third kappa shape index (κ3) is 3.68. The van der Waals surface area contributed by atoms with E-state index in [0.717, 1.165) is 0 Å².